The lowest BCUT2D eigenvalue weighted by atomic mass is 10.2. The zero-order chi connectivity index (χ0) is 17.9. The Kier molecular flexibility index (Phi) is 5.07. The van der Waals surface area contributed by atoms with E-state index >= 15 is 0 Å². The fourth-order valence-electron chi connectivity index (χ4n) is 1.84. The number of carbonyl (C=O) groups is 1. The zero-order valence-electron chi connectivity index (χ0n) is 11.8. The summed E-state index contributed by atoms with van der Waals surface area (Å²) in [5, 5.41) is 11.2. The topological polar surface area (TPSA) is 74.9 Å². The molecule has 122 valence electrons. The molecule has 2 rings (SSSR count). The Hall–Kier alpha value is -3.04. The highest BCUT2D eigenvalue weighted by Gasteiger charge is 2.16. The van der Waals surface area contributed by atoms with Gasteiger partial charge in [-0.3, -0.25) is 9.59 Å². The SMILES string of the molecule is C#Cc1cc(C(=O)Nc2cc(F)c(=O)n(CC(F)F)c2)sc1C#N. The molecule has 2 aromatic heterocycles. The van der Waals surface area contributed by atoms with E-state index in [-0.39, 0.29) is 21.0 Å². The number of pyridine rings is 1. The van der Waals surface area contributed by atoms with Crippen LogP contribution in [-0.2, 0) is 6.54 Å². The first-order valence-electron chi connectivity index (χ1n) is 6.35. The molecule has 0 radical (unpaired) electrons. The van der Waals surface area contributed by atoms with Crippen LogP contribution in [0.4, 0.5) is 18.9 Å². The van der Waals surface area contributed by atoms with Crippen molar-refractivity contribution in [1.29, 1.82) is 5.26 Å². The second kappa shape index (κ2) is 7.02. The molecular formula is C15H8F3N3O2S. The van der Waals surface area contributed by atoms with Gasteiger partial charge in [-0.1, -0.05) is 5.92 Å². The number of amides is 1. The number of aromatic nitrogens is 1. The molecule has 0 aliphatic carbocycles. The first kappa shape index (κ1) is 17.3. The van der Waals surface area contributed by atoms with Gasteiger partial charge in [-0.15, -0.1) is 17.8 Å². The van der Waals surface area contributed by atoms with E-state index < -0.39 is 30.3 Å². The van der Waals surface area contributed by atoms with Crippen molar-refractivity contribution in [2.45, 2.75) is 13.0 Å². The minimum atomic E-state index is -2.86. The fourth-order valence-corrected chi connectivity index (χ4v) is 2.65. The van der Waals surface area contributed by atoms with E-state index in [4.69, 9.17) is 11.7 Å². The second-order valence-corrected chi connectivity index (χ2v) is 5.54. The highest BCUT2D eigenvalue weighted by molar-refractivity contribution is 7.14. The van der Waals surface area contributed by atoms with Gasteiger partial charge in [0.2, 0.25) is 0 Å². The van der Waals surface area contributed by atoms with E-state index in [1.54, 1.807) is 0 Å². The summed E-state index contributed by atoms with van der Waals surface area (Å²) in [7, 11) is 0. The number of carbonyl (C=O) groups excluding carboxylic acids is 1. The van der Waals surface area contributed by atoms with Crippen LogP contribution in [-0.4, -0.2) is 16.9 Å². The Bertz CT molecular complexity index is 903. The highest BCUT2D eigenvalue weighted by Crippen LogP contribution is 2.22. The van der Waals surface area contributed by atoms with E-state index in [1.807, 2.05) is 6.07 Å². The van der Waals surface area contributed by atoms with Crippen molar-refractivity contribution in [3.05, 3.63) is 49.8 Å². The average molecular weight is 351 g/mol. The molecule has 0 unspecified atom stereocenters. The smallest absolute Gasteiger partial charge is 0.286 e. The highest BCUT2D eigenvalue weighted by atomic mass is 32.1. The largest absolute Gasteiger partial charge is 0.320 e. The minimum absolute atomic E-state index is 0.0894. The van der Waals surface area contributed by atoms with Gasteiger partial charge < -0.3 is 9.88 Å². The van der Waals surface area contributed by atoms with Crippen molar-refractivity contribution < 1.29 is 18.0 Å². The summed E-state index contributed by atoms with van der Waals surface area (Å²) in [5.74, 6) is 0.267. The van der Waals surface area contributed by atoms with E-state index in [2.05, 4.69) is 11.2 Å². The minimum Gasteiger partial charge on any atom is -0.320 e. The maximum atomic E-state index is 13.5. The van der Waals surface area contributed by atoms with E-state index in [9.17, 15) is 22.8 Å². The molecule has 9 heteroatoms. The Balaban J connectivity index is 2.31. The molecule has 0 fully saturated rings. The van der Waals surface area contributed by atoms with Crippen molar-refractivity contribution in [3.8, 4) is 18.4 Å². The van der Waals surface area contributed by atoms with Gasteiger partial charge in [-0.2, -0.15) is 5.26 Å². The third kappa shape index (κ3) is 3.65. The molecule has 1 amide bonds. The lowest BCUT2D eigenvalue weighted by molar-refractivity contribution is 0.103. The Morgan fingerprint density at radius 1 is 1.46 bits per heavy atom. The maximum Gasteiger partial charge on any atom is 0.286 e. The maximum absolute atomic E-state index is 13.5. The Morgan fingerprint density at radius 3 is 2.71 bits per heavy atom. The van der Waals surface area contributed by atoms with Crippen LogP contribution in [0.2, 0.25) is 0 Å². The van der Waals surface area contributed by atoms with Gasteiger partial charge in [0.15, 0.2) is 5.82 Å². The first-order chi connectivity index (χ1) is 11.3. The van der Waals surface area contributed by atoms with Crippen LogP contribution in [0.25, 0.3) is 0 Å². The van der Waals surface area contributed by atoms with Gasteiger partial charge >= 0.3 is 0 Å². The molecule has 2 heterocycles. The lowest BCUT2D eigenvalue weighted by Gasteiger charge is -2.09. The number of hydrogen-bond donors (Lipinski definition) is 1. The first-order valence-corrected chi connectivity index (χ1v) is 7.17. The predicted octanol–water partition coefficient (Wildman–Crippen LogP) is 2.42. The number of nitrogens with one attached hydrogen (secondary N) is 1. The van der Waals surface area contributed by atoms with Crippen molar-refractivity contribution in [2.24, 2.45) is 0 Å². The Morgan fingerprint density at radius 2 is 2.17 bits per heavy atom. The number of hydrogen-bond acceptors (Lipinski definition) is 4. The molecule has 0 aliphatic rings. The Labute approximate surface area is 138 Å². The van der Waals surface area contributed by atoms with Crippen LogP contribution in [0.5, 0.6) is 0 Å². The number of nitriles is 1. The molecule has 0 bridgehead atoms. The van der Waals surface area contributed by atoms with Gasteiger partial charge in [-0.25, -0.2) is 13.2 Å². The van der Waals surface area contributed by atoms with Gasteiger partial charge in [0.1, 0.15) is 10.9 Å². The van der Waals surface area contributed by atoms with E-state index in [0.717, 1.165) is 23.6 Å². The summed E-state index contributed by atoms with van der Waals surface area (Å²) < 4.78 is 38.8. The zero-order valence-corrected chi connectivity index (χ0v) is 12.7. The molecule has 0 saturated heterocycles. The van der Waals surface area contributed by atoms with Gasteiger partial charge in [0.25, 0.3) is 17.9 Å². The van der Waals surface area contributed by atoms with Crippen molar-refractivity contribution >= 4 is 22.9 Å². The normalized spacial score (nSPS) is 10.2. The molecule has 0 saturated carbocycles. The molecular weight excluding hydrogens is 343 g/mol. The second-order valence-electron chi connectivity index (χ2n) is 4.49. The number of anilines is 1. The third-order valence-corrected chi connectivity index (χ3v) is 3.89. The van der Waals surface area contributed by atoms with Crippen LogP contribution in [0.3, 0.4) is 0 Å². The summed E-state index contributed by atoms with van der Waals surface area (Å²) in [4.78, 5) is 23.8. The average Bonchev–Trinajstić information content (AvgIpc) is 2.95. The van der Waals surface area contributed by atoms with Crippen molar-refractivity contribution in [1.82, 2.24) is 4.57 Å². The molecule has 0 aromatic carbocycles. The van der Waals surface area contributed by atoms with E-state index in [1.165, 1.54) is 6.07 Å². The number of thiophene rings is 1. The quantitative estimate of drug-likeness (QED) is 0.860. The summed E-state index contributed by atoms with van der Waals surface area (Å²) in [6.45, 7) is -1.00. The molecule has 2 aromatic rings. The summed E-state index contributed by atoms with van der Waals surface area (Å²) >= 11 is 0.836. The van der Waals surface area contributed by atoms with Crippen LogP contribution < -0.4 is 10.9 Å². The number of halogens is 3. The molecule has 1 N–H and O–H groups in total. The van der Waals surface area contributed by atoms with Crippen LogP contribution in [0.15, 0.2) is 23.1 Å². The predicted molar refractivity (Wildman–Crippen MR) is 81.6 cm³/mol. The monoisotopic (exact) mass is 351 g/mol. The summed E-state index contributed by atoms with van der Waals surface area (Å²) in [6.07, 6.45) is 3.26. The molecule has 0 aliphatic heterocycles. The standard InChI is InChI=1S/C15H8F3N3O2S/c1-2-8-3-11(24-12(8)5-19)14(22)20-9-4-10(16)15(23)21(6-9)7-13(17)18/h1,3-4,6,13H,7H2,(H,20,22). The molecule has 0 spiro atoms. The summed E-state index contributed by atoms with van der Waals surface area (Å²) in [5.41, 5.74) is -1.15. The van der Waals surface area contributed by atoms with Crippen LogP contribution in [0, 0.1) is 29.5 Å². The van der Waals surface area contributed by atoms with Gasteiger partial charge in [-0.05, 0) is 6.07 Å². The van der Waals surface area contributed by atoms with Crippen molar-refractivity contribution in [3.63, 3.8) is 0 Å². The van der Waals surface area contributed by atoms with E-state index in [0.29, 0.717) is 4.57 Å². The summed E-state index contributed by atoms with van der Waals surface area (Å²) in [6, 6.07) is 3.88. The number of terminal acetylenes is 1. The molecule has 24 heavy (non-hydrogen) atoms. The van der Waals surface area contributed by atoms with Crippen LogP contribution >= 0.6 is 11.3 Å². The molecule has 5 nitrogen and oxygen atoms in total. The number of alkyl halides is 2. The van der Waals surface area contributed by atoms with Crippen LogP contribution in [0.1, 0.15) is 20.1 Å². The number of rotatable bonds is 4. The third-order valence-electron chi connectivity index (χ3n) is 2.85. The number of nitrogens with zero attached hydrogens (tertiary/aromatic N) is 2. The molecule has 0 atom stereocenters. The van der Waals surface area contributed by atoms with Gasteiger partial charge in [0.05, 0.1) is 22.7 Å². The van der Waals surface area contributed by atoms with Gasteiger partial charge in [0, 0.05) is 12.3 Å². The fraction of sp³-hybridized carbons (Fsp3) is 0.133. The van der Waals surface area contributed by atoms with Crippen molar-refractivity contribution in [2.75, 3.05) is 5.32 Å². The lowest BCUT2D eigenvalue weighted by Crippen LogP contribution is -2.26.